The molecule has 0 spiro atoms. The topological polar surface area (TPSA) is 58.5 Å². The van der Waals surface area contributed by atoms with Gasteiger partial charge in [-0.25, -0.2) is 8.42 Å². The Kier molecular flexibility index (Phi) is 3.99. The third kappa shape index (κ3) is 2.77. The Labute approximate surface area is 120 Å². The van der Waals surface area contributed by atoms with E-state index in [-0.39, 0.29) is 6.04 Å². The van der Waals surface area contributed by atoms with Crippen LogP contribution >= 0.6 is 0 Å². The third-order valence-corrected chi connectivity index (χ3v) is 4.99. The van der Waals surface area contributed by atoms with Crippen LogP contribution < -0.4 is 4.72 Å². The molecule has 0 aromatic heterocycles. The van der Waals surface area contributed by atoms with E-state index in [0.29, 0.717) is 21.9 Å². The first-order valence-electron chi connectivity index (χ1n) is 6.74. The smallest absolute Gasteiger partial charge is 0.264 e. The Bertz CT molecular complexity index is 670. The van der Waals surface area contributed by atoms with Crippen molar-refractivity contribution in [2.45, 2.75) is 40.2 Å². The highest BCUT2D eigenvalue weighted by Gasteiger charge is 2.32. The van der Waals surface area contributed by atoms with Crippen LogP contribution in [0.25, 0.3) is 4.91 Å². The fourth-order valence-electron chi connectivity index (χ4n) is 2.08. The lowest BCUT2D eigenvalue weighted by molar-refractivity contribution is 0.603. The van der Waals surface area contributed by atoms with Crippen molar-refractivity contribution < 1.29 is 8.42 Å². The number of nitrogens with zero attached hydrogens (tertiary/aromatic N) is 1. The number of aryl methyl sites for hydroxylation is 1. The minimum Gasteiger partial charge on any atom is -0.264 e. The van der Waals surface area contributed by atoms with Crippen LogP contribution in [0.15, 0.2) is 34.8 Å². The normalized spacial score (nSPS) is 21.1. The molecule has 0 saturated carbocycles. The monoisotopic (exact) mass is 292 g/mol. The van der Waals surface area contributed by atoms with Gasteiger partial charge in [0.2, 0.25) is 0 Å². The standard InChI is InChI=1S/C15H20N2O2S/c1-5-11(3)16-15-12(4)14(20(18,19)17-15)13-8-6-10(2)7-9-13/h6-9,11H,5H2,1-4H3,(H,16,17). The summed E-state index contributed by atoms with van der Waals surface area (Å²) in [5.74, 6) is 0.468. The summed E-state index contributed by atoms with van der Waals surface area (Å²) in [5.41, 5.74) is 2.49. The van der Waals surface area contributed by atoms with Gasteiger partial charge in [-0.3, -0.25) is 9.71 Å². The van der Waals surface area contributed by atoms with E-state index in [4.69, 9.17) is 0 Å². The van der Waals surface area contributed by atoms with Gasteiger partial charge in [0.15, 0.2) is 0 Å². The zero-order valence-corrected chi connectivity index (χ0v) is 13.1. The first-order valence-corrected chi connectivity index (χ1v) is 8.22. The summed E-state index contributed by atoms with van der Waals surface area (Å²) in [6, 6.07) is 7.59. The van der Waals surface area contributed by atoms with Crippen molar-refractivity contribution in [3.8, 4) is 0 Å². The Morgan fingerprint density at radius 2 is 1.80 bits per heavy atom. The zero-order chi connectivity index (χ0) is 14.9. The van der Waals surface area contributed by atoms with Crippen molar-refractivity contribution in [2.24, 2.45) is 4.99 Å². The average Bonchev–Trinajstić information content (AvgIpc) is 2.61. The fourth-order valence-corrected chi connectivity index (χ4v) is 3.58. The minimum absolute atomic E-state index is 0.0972. The number of benzene rings is 1. The van der Waals surface area contributed by atoms with Crippen LogP contribution in [0.2, 0.25) is 0 Å². The maximum Gasteiger partial charge on any atom is 0.264 e. The predicted octanol–water partition coefficient (Wildman–Crippen LogP) is 2.86. The number of amidine groups is 1. The molecule has 0 saturated heterocycles. The molecule has 0 bridgehead atoms. The predicted molar refractivity (Wildman–Crippen MR) is 83.0 cm³/mol. The van der Waals surface area contributed by atoms with Crippen LogP contribution in [-0.2, 0) is 10.0 Å². The number of aliphatic imine (C=N–C) groups is 1. The average molecular weight is 292 g/mol. The molecule has 1 N–H and O–H groups in total. The number of hydrogen-bond donors (Lipinski definition) is 1. The van der Waals surface area contributed by atoms with E-state index in [2.05, 4.69) is 9.71 Å². The molecule has 20 heavy (non-hydrogen) atoms. The first kappa shape index (κ1) is 14.8. The van der Waals surface area contributed by atoms with Crippen molar-refractivity contribution in [3.63, 3.8) is 0 Å². The molecule has 0 amide bonds. The second kappa shape index (κ2) is 5.40. The molecular weight excluding hydrogens is 272 g/mol. The van der Waals surface area contributed by atoms with Crippen LogP contribution in [0.1, 0.15) is 38.3 Å². The van der Waals surface area contributed by atoms with Crippen molar-refractivity contribution in [1.29, 1.82) is 0 Å². The quantitative estimate of drug-likeness (QED) is 0.931. The summed E-state index contributed by atoms with van der Waals surface area (Å²) >= 11 is 0. The summed E-state index contributed by atoms with van der Waals surface area (Å²) in [7, 11) is -3.51. The van der Waals surface area contributed by atoms with Gasteiger partial charge in [-0.1, -0.05) is 36.8 Å². The molecule has 1 atom stereocenters. The lowest BCUT2D eigenvalue weighted by Crippen LogP contribution is -2.24. The molecule has 1 aromatic rings. The molecule has 1 aliphatic heterocycles. The highest BCUT2D eigenvalue weighted by atomic mass is 32.2. The Balaban J connectivity index is 2.53. The molecule has 1 aliphatic rings. The Hall–Kier alpha value is -1.62. The van der Waals surface area contributed by atoms with E-state index < -0.39 is 10.0 Å². The number of hydrogen-bond acceptors (Lipinski definition) is 3. The van der Waals surface area contributed by atoms with E-state index in [9.17, 15) is 8.42 Å². The lowest BCUT2D eigenvalue weighted by atomic mass is 10.1. The van der Waals surface area contributed by atoms with Crippen LogP contribution in [0, 0.1) is 6.92 Å². The largest absolute Gasteiger partial charge is 0.264 e. The van der Waals surface area contributed by atoms with Crippen LogP contribution in [-0.4, -0.2) is 20.3 Å². The van der Waals surface area contributed by atoms with Gasteiger partial charge in [0.25, 0.3) is 10.0 Å². The van der Waals surface area contributed by atoms with Crippen molar-refractivity contribution in [2.75, 3.05) is 0 Å². The van der Waals surface area contributed by atoms with Crippen LogP contribution in [0.4, 0.5) is 0 Å². The molecule has 4 nitrogen and oxygen atoms in total. The number of nitrogens with one attached hydrogen (secondary N) is 1. The van der Waals surface area contributed by atoms with Gasteiger partial charge in [-0.15, -0.1) is 0 Å². The van der Waals surface area contributed by atoms with E-state index in [1.807, 2.05) is 45.0 Å². The van der Waals surface area contributed by atoms with Gasteiger partial charge in [0.1, 0.15) is 10.7 Å². The summed E-state index contributed by atoms with van der Waals surface area (Å²) in [5, 5.41) is 0. The van der Waals surface area contributed by atoms with Crippen LogP contribution in [0.3, 0.4) is 0 Å². The maximum absolute atomic E-state index is 12.3. The van der Waals surface area contributed by atoms with Crippen molar-refractivity contribution >= 4 is 20.8 Å². The van der Waals surface area contributed by atoms with Gasteiger partial charge in [-0.2, -0.15) is 0 Å². The second-order valence-corrected chi connectivity index (χ2v) is 6.78. The van der Waals surface area contributed by atoms with Gasteiger partial charge in [0.05, 0.1) is 0 Å². The highest BCUT2D eigenvalue weighted by molar-refractivity contribution is 8.00. The van der Waals surface area contributed by atoms with Gasteiger partial charge in [0, 0.05) is 11.6 Å². The molecule has 1 unspecified atom stereocenters. The van der Waals surface area contributed by atoms with Gasteiger partial charge < -0.3 is 0 Å². The Morgan fingerprint density at radius 1 is 1.20 bits per heavy atom. The lowest BCUT2D eigenvalue weighted by Gasteiger charge is -2.04. The molecule has 5 heteroatoms. The number of rotatable bonds is 3. The van der Waals surface area contributed by atoms with E-state index in [1.54, 1.807) is 6.92 Å². The third-order valence-electron chi connectivity index (χ3n) is 3.45. The molecule has 1 aromatic carbocycles. The molecular formula is C15H20N2O2S. The highest BCUT2D eigenvalue weighted by Crippen LogP contribution is 2.30. The SMILES string of the molecule is CCC(C)N=C1NS(=O)(=O)C(c2ccc(C)cc2)=C1C. The molecule has 108 valence electrons. The van der Waals surface area contributed by atoms with Gasteiger partial charge >= 0.3 is 0 Å². The Morgan fingerprint density at radius 3 is 2.35 bits per heavy atom. The summed E-state index contributed by atoms with van der Waals surface area (Å²) in [6.07, 6.45) is 0.873. The maximum atomic E-state index is 12.3. The molecule has 0 fully saturated rings. The minimum atomic E-state index is -3.51. The van der Waals surface area contributed by atoms with E-state index >= 15 is 0 Å². The summed E-state index contributed by atoms with van der Waals surface area (Å²) < 4.78 is 27.1. The van der Waals surface area contributed by atoms with Crippen molar-refractivity contribution in [1.82, 2.24) is 4.72 Å². The molecule has 0 radical (unpaired) electrons. The van der Waals surface area contributed by atoms with E-state index in [1.165, 1.54) is 0 Å². The molecule has 1 heterocycles. The molecule has 2 rings (SSSR count). The zero-order valence-electron chi connectivity index (χ0n) is 12.3. The van der Waals surface area contributed by atoms with Crippen molar-refractivity contribution in [3.05, 3.63) is 41.0 Å². The van der Waals surface area contributed by atoms with Gasteiger partial charge in [-0.05, 0) is 32.8 Å². The fraction of sp³-hybridized carbons (Fsp3) is 0.400. The summed E-state index contributed by atoms with van der Waals surface area (Å²) in [6.45, 7) is 7.77. The first-order chi connectivity index (χ1) is 9.35. The number of sulfonamides is 1. The second-order valence-electron chi connectivity index (χ2n) is 5.16. The molecule has 0 aliphatic carbocycles. The van der Waals surface area contributed by atoms with Crippen LogP contribution in [0.5, 0.6) is 0 Å². The summed E-state index contributed by atoms with van der Waals surface area (Å²) in [4.78, 5) is 4.77. The van der Waals surface area contributed by atoms with E-state index in [0.717, 1.165) is 12.0 Å².